The number of rotatable bonds is 3. The molecule has 2 aromatic rings. The van der Waals surface area contributed by atoms with Crippen LogP contribution in [-0.4, -0.2) is 15.9 Å². The minimum Gasteiger partial charge on any atom is -0.364 e. The molecule has 4 N–H and O–H groups in total. The lowest BCUT2D eigenvalue weighted by Gasteiger charge is -2.06. The maximum atomic E-state index is 11.4. The minimum absolute atomic E-state index is 0.176. The molecule has 0 saturated carbocycles. The second-order valence-corrected chi connectivity index (χ2v) is 3.48. The van der Waals surface area contributed by atoms with Gasteiger partial charge in [0.05, 0.1) is 6.54 Å². The SMILES string of the molecule is NCc1ncc(-c2ccccc2)c(C(N)=O)n1. The Hall–Kier alpha value is -2.27. The molecule has 17 heavy (non-hydrogen) atoms. The first-order valence-electron chi connectivity index (χ1n) is 5.13. The average Bonchev–Trinajstić information content (AvgIpc) is 2.39. The fraction of sp³-hybridized carbons (Fsp3) is 0.0833. The first kappa shape index (κ1) is 11.2. The highest BCUT2D eigenvalue weighted by Gasteiger charge is 2.13. The van der Waals surface area contributed by atoms with Crippen LogP contribution in [0.4, 0.5) is 0 Å². The van der Waals surface area contributed by atoms with E-state index < -0.39 is 5.91 Å². The van der Waals surface area contributed by atoms with Crippen molar-refractivity contribution in [1.29, 1.82) is 0 Å². The summed E-state index contributed by atoms with van der Waals surface area (Å²) >= 11 is 0. The van der Waals surface area contributed by atoms with E-state index in [-0.39, 0.29) is 12.2 Å². The zero-order valence-electron chi connectivity index (χ0n) is 9.13. The van der Waals surface area contributed by atoms with Gasteiger partial charge in [0.2, 0.25) is 0 Å². The van der Waals surface area contributed by atoms with Gasteiger partial charge in [-0.3, -0.25) is 4.79 Å². The summed E-state index contributed by atoms with van der Waals surface area (Å²) in [5.74, 6) is -0.181. The third-order valence-electron chi connectivity index (χ3n) is 2.34. The summed E-state index contributed by atoms with van der Waals surface area (Å²) in [6, 6.07) is 9.37. The van der Waals surface area contributed by atoms with Gasteiger partial charge in [0, 0.05) is 11.8 Å². The molecule has 86 valence electrons. The van der Waals surface area contributed by atoms with E-state index in [4.69, 9.17) is 11.5 Å². The topological polar surface area (TPSA) is 94.9 Å². The summed E-state index contributed by atoms with van der Waals surface area (Å²) in [7, 11) is 0. The van der Waals surface area contributed by atoms with Gasteiger partial charge in [0.1, 0.15) is 11.5 Å². The maximum absolute atomic E-state index is 11.4. The standard InChI is InChI=1S/C12H12N4O/c13-6-10-15-7-9(11(16-10)12(14)17)8-4-2-1-3-5-8/h1-5,7H,6,13H2,(H2,14,17). The van der Waals surface area contributed by atoms with Gasteiger partial charge >= 0.3 is 0 Å². The van der Waals surface area contributed by atoms with Crippen LogP contribution in [0.25, 0.3) is 11.1 Å². The van der Waals surface area contributed by atoms with E-state index in [1.807, 2.05) is 30.3 Å². The highest BCUT2D eigenvalue weighted by molar-refractivity contribution is 5.97. The summed E-state index contributed by atoms with van der Waals surface area (Å²) in [6.07, 6.45) is 1.57. The minimum atomic E-state index is -0.582. The fourth-order valence-electron chi connectivity index (χ4n) is 1.53. The highest BCUT2D eigenvalue weighted by Crippen LogP contribution is 2.21. The van der Waals surface area contributed by atoms with Crippen LogP contribution in [0.5, 0.6) is 0 Å². The van der Waals surface area contributed by atoms with Crippen LogP contribution >= 0.6 is 0 Å². The smallest absolute Gasteiger partial charge is 0.268 e. The van der Waals surface area contributed by atoms with Gasteiger partial charge in [-0.25, -0.2) is 9.97 Å². The number of nitrogens with two attached hydrogens (primary N) is 2. The Balaban J connectivity index is 2.58. The molecule has 5 heteroatoms. The van der Waals surface area contributed by atoms with Crippen molar-refractivity contribution in [2.24, 2.45) is 11.5 Å². The number of benzene rings is 1. The Morgan fingerprint density at radius 3 is 2.53 bits per heavy atom. The number of primary amides is 1. The van der Waals surface area contributed by atoms with Gasteiger partial charge in [-0.2, -0.15) is 0 Å². The summed E-state index contributed by atoms with van der Waals surface area (Å²) in [4.78, 5) is 19.5. The first-order chi connectivity index (χ1) is 8.22. The molecule has 0 radical (unpaired) electrons. The van der Waals surface area contributed by atoms with Crippen molar-refractivity contribution in [3.05, 3.63) is 48.0 Å². The zero-order valence-corrected chi connectivity index (χ0v) is 9.13. The van der Waals surface area contributed by atoms with Crippen LogP contribution in [-0.2, 0) is 6.54 Å². The molecular formula is C12H12N4O. The molecule has 0 aliphatic rings. The number of aromatic nitrogens is 2. The molecule has 0 atom stereocenters. The Labute approximate surface area is 98.5 Å². The number of carbonyl (C=O) groups is 1. The van der Waals surface area contributed by atoms with Crippen molar-refractivity contribution in [2.75, 3.05) is 0 Å². The van der Waals surface area contributed by atoms with Gasteiger partial charge in [-0.05, 0) is 5.56 Å². The lowest BCUT2D eigenvalue weighted by atomic mass is 10.1. The molecule has 0 bridgehead atoms. The predicted octanol–water partition coefficient (Wildman–Crippen LogP) is 0.701. The lowest BCUT2D eigenvalue weighted by molar-refractivity contribution is 0.0996. The maximum Gasteiger partial charge on any atom is 0.268 e. The molecule has 1 heterocycles. The third-order valence-corrected chi connectivity index (χ3v) is 2.34. The summed E-state index contributed by atoms with van der Waals surface area (Å²) < 4.78 is 0. The highest BCUT2D eigenvalue weighted by atomic mass is 16.1. The molecule has 1 aromatic heterocycles. The van der Waals surface area contributed by atoms with Crippen LogP contribution in [0, 0.1) is 0 Å². The van der Waals surface area contributed by atoms with Crippen LogP contribution < -0.4 is 11.5 Å². The van der Waals surface area contributed by atoms with Crippen molar-refractivity contribution in [3.8, 4) is 11.1 Å². The van der Waals surface area contributed by atoms with E-state index in [1.54, 1.807) is 6.20 Å². The molecule has 0 aliphatic carbocycles. The lowest BCUT2D eigenvalue weighted by Crippen LogP contribution is -2.17. The fourth-order valence-corrected chi connectivity index (χ4v) is 1.53. The molecule has 5 nitrogen and oxygen atoms in total. The van der Waals surface area contributed by atoms with Gasteiger partial charge in [0.25, 0.3) is 5.91 Å². The molecule has 2 rings (SSSR count). The largest absolute Gasteiger partial charge is 0.364 e. The number of hydrogen-bond acceptors (Lipinski definition) is 4. The molecule has 0 fully saturated rings. The Bertz CT molecular complexity index is 539. The van der Waals surface area contributed by atoms with Gasteiger partial charge < -0.3 is 11.5 Å². The van der Waals surface area contributed by atoms with Gasteiger partial charge in [-0.15, -0.1) is 0 Å². The zero-order chi connectivity index (χ0) is 12.3. The molecule has 0 unspecified atom stereocenters. The number of carbonyl (C=O) groups excluding carboxylic acids is 1. The molecule has 1 amide bonds. The quantitative estimate of drug-likeness (QED) is 0.808. The van der Waals surface area contributed by atoms with Crippen LogP contribution in [0.2, 0.25) is 0 Å². The predicted molar refractivity (Wildman–Crippen MR) is 63.9 cm³/mol. The van der Waals surface area contributed by atoms with E-state index in [0.29, 0.717) is 11.4 Å². The molecular weight excluding hydrogens is 216 g/mol. The Morgan fingerprint density at radius 2 is 1.94 bits per heavy atom. The van der Waals surface area contributed by atoms with Crippen molar-refractivity contribution in [1.82, 2.24) is 9.97 Å². The van der Waals surface area contributed by atoms with E-state index in [9.17, 15) is 4.79 Å². The second kappa shape index (κ2) is 4.71. The van der Waals surface area contributed by atoms with Crippen molar-refractivity contribution >= 4 is 5.91 Å². The van der Waals surface area contributed by atoms with Crippen LogP contribution in [0.1, 0.15) is 16.3 Å². The second-order valence-electron chi connectivity index (χ2n) is 3.48. The summed E-state index contributed by atoms with van der Waals surface area (Å²) in [5, 5.41) is 0. The number of amides is 1. The molecule has 0 saturated heterocycles. The van der Waals surface area contributed by atoms with Crippen molar-refractivity contribution < 1.29 is 4.79 Å². The number of nitrogens with zero attached hydrogens (tertiary/aromatic N) is 2. The monoisotopic (exact) mass is 228 g/mol. The van der Waals surface area contributed by atoms with Crippen molar-refractivity contribution in [3.63, 3.8) is 0 Å². The number of hydrogen-bond donors (Lipinski definition) is 2. The van der Waals surface area contributed by atoms with E-state index in [1.165, 1.54) is 0 Å². The summed E-state index contributed by atoms with van der Waals surface area (Å²) in [5.41, 5.74) is 12.4. The molecule has 0 spiro atoms. The Kier molecular flexibility index (Phi) is 3.11. The van der Waals surface area contributed by atoms with Gasteiger partial charge in [-0.1, -0.05) is 30.3 Å². The van der Waals surface area contributed by atoms with E-state index in [2.05, 4.69) is 9.97 Å². The third kappa shape index (κ3) is 2.29. The van der Waals surface area contributed by atoms with E-state index >= 15 is 0 Å². The summed E-state index contributed by atoms with van der Waals surface area (Å²) in [6.45, 7) is 0.176. The van der Waals surface area contributed by atoms with Crippen molar-refractivity contribution in [2.45, 2.75) is 6.54 Å². The van der Waals surface area contributed by atoms with Crippen LogP contribution in [0.3, 0.4) is 0 Å². The van der Waals surface area contributed by atoms with Gasteiger partial charge in [0.15, 0.2) is 0 Å². The molecule has 0 aliphatic heterocycles. The molecule has 1 aromatic carbocycles. The average molecular weight is 228 g/mol. The van der Waals surface area contributed by atoms with Crippen LogP contribution in [0.15, 0.2) is 36.5 Å². The van der Waals surface area contributed by atoms with E-state index in [0.717, 1.165) is 5.56 Å². The Morgan fingerprint density at radius 1 is 1.24 bits per heavy atom. The normalized spacial score (nSPS) is 10.2. The first-order valence-corrected chi connectivity index (χ1v) is 5.13.